The van der Waals surface area contributed by atoms with Crippen LogP contribution >= 0.6 is 34.5 Å². The lowest BCUT2D eigenvalue weighted by molar-refractivity contribution is 0.0954. The van der Waals surface area contributed by atoms with Gasteiger partial charge in [-0.2, -0.15) is 0 Å². The molecular weight excluding hydrogens is 339 g/mol. The van der Waals surface area contributed by atoms with Gasteiger partial charge in [0.05, 0.1) is 21.3 Å². The van der Waals surface area contributed by atoms with Crippen molar-refractivity contribution in [1.82, 2.24) is 10.3 Å². The predicted octanol–water partition coefficient (Wildman–Crippen LogP) is 4.72. The van der Waals surface area contributed by atoms with Gasteiger partial charge < -0.3 is 5.32 Å². The fourth-order valence-corrected chi connectivity index (χ4v) is 3.34. The van der Waals surface area contributed by atoms with Gasteiger partial charge in [-0.25, -0.2) is 4.98 Å². The van der Waals surface area contributed by atoms with Crippen molar-refractivity contribution in [3.63, 3.8) is 0 Å². The van der Waals surface area contributed by atoms with Crippen molar-refractivity contribution in [1.29, 1.82) is 0 Å². The Kier molecular flexibility index (Phi) is 5.48. The third kappa shape index (κ3) is 4.45. The van der Waals surface area contributed by atoms with Crippen molar-refractivity contribution >= 4 is 40.4 Å². The smallest absolute Gasteiger partial charge is 0.252 e. The molecule has 0 bridgehead atoms. The topological polar surface area (TPSA) is 42.0 Å². The van der Waals surface area contributed by atoms with Crippen LogP contribution in [0.4, 0.5) is 0 Å². The number of hydrogen-bond donors (Lipinski definition) is 1. The van der Waals surface area contributed by atoms with Crippen molar-refractivity contribution in [2.24, 2.45) is 0 Å². The number of hydrogen-bond acceptors (Lipinski definition) is 3. The minimum atomic E-state index is -0.200. The number of halogens is 2. The molecule has 1 aromatic heterocycles. The van der Waals surface area contributed by atoms with E-state index < -0.39 is 0 Å². The van der Waals surface area contributed by atoms with E-state index in [4.69, 9.17) is 23.2 Å². The average molecular weight is 357 g/mol. The van der Waals surface area contributed by atoms with Crippen LogP contribution in [-0.2, 0) is 11.8 Å². The first-order valence-electron chi connectivity index (χ1n) is 6.95. The zero-order chi connectivity index (χ0) is 16.3. The van der Waals surface area contributed by atoms with Gasteiger partial charge in [0.2, 0.25) is 0 Å². The highest BCUT2D eigenvalue weighted by Crippen LogP contribution is 2.24. The van der Waals surface area contributed by atoms with Gasteiger partial charge in [0.25, 0.3) is 5.91 Å². The van der Waals surface area contributed by atoms with E-state index in [1.54, 1.807) is 29.5 Å². The molecule has 0 aliphatic heterocycles. The Morgan fingerprint density at radius 1 is 1.32 bits per heavy atom. The molecule has 1 amide bonds. The maximum absolute atomic E-state index is 12.1. The minimum Gasteiger partial charge on any atom is -0.352 e. The SMILES string of the molecule is CC(C)(C)c1csc(CCNC(=O)c2ccc(Cl)cc2Cl)n1. The Balaban J connectivity index is 1.91. The zero-order valence-corrected chi connectivity index (χ0v) is 15.1. The number of nitrogens with zero attached hydrogens (tertiary/aromatic N) is 1. The third-order valence-electron chi connectivity index (χ3n) is 3.12. The molecule has 22 heavy (non-hydrogen) atoms. The molecule has 1 heterocycles. The molecule has 0 aliphatic carbocycles. The van der Waals surface area contributed by atoms with E-state index in [1.807, 2.05) is 0 Å². The molecule has 0 spiro atoms. The number of thiazole rings is 1. The van der Waals surface area contributed by atoms with E-state index in [0.717, 1.165) is 10.7 Å². The fraction of sp³-hybridized carbons (Fsp3) is 0.375. The van der Waals surface area contributed by atoms with Crippen molar-refractivity contribution in [3.8, 4) is 0 Å². The summed E-state index contributed by atoms with van der Waals surface area (Å²) < 4.78 is 0. The van der Waals surface area contributed by atoms with Crippen LogP contribution in [0.1, 0.15) is 41.8 Å². The molecule has 1 aromatic carbocycles. The van der Waals surface area contributed by atoms with Gasteiger partial charge in [0.15, 0.2) is 0 Å². The first-order valence-corrected chi connectivity index (χ1v) is 8.59. The summed E-state index contributed by atoms with van der Waals surface area (Å²) in [7, 11) is 0. The third-order valence-corrected chi connectivity index (χ3v) is 4.58. The second-order valence-electron chi connectivity index (χ2n) is 6.01. The van der Waals surface area contributed by atoms with Crippen molar-refractivity contribution in [3.05, 3.63) is 49.9 Å². The molecule has 0 radical (unpaired) electrons. The maximum Gasteiger partial charge on any atom is 0.252 e. The fourth-order valence-electron chi connectivity index (χ4n) is 1.82. The highest BCUT2D eigenvalue weighted by Gasteiger charge is 2.17. The van der Waals surface area contributed by atoms with Crippen LogP contribution in [0.15, 0.2) is 23.6 Å². The molecule has 2 aromatic rings. The summed E-state index contributed by atoms with van der Waals surface area (Å²) in [5, 5.41) is 6.82. The van der Waals surface area contributed by atoms with Gasteiger partial charge in [0, 0.05) is 28.8 Å². The van der Waals surface area contributed by atoms with Crippen LogP contribution in [-0.4, -0.2) is 17.4 Å². The summed E-state index contributed by atoms with van der Waals surface area (Å²) in [6, 6.07) is 4.84. The van der Waals surface area contributed by atoms with Crippen LogP contribution in [0.3, 0.4) is 0 Å². The molecule has 0 aliphatic rings. The Hall–Kier alpha value is -1.10. The molecule has 1 N–H and O–H groups in total. The number of carbonyl (C=O) groups is 1. The lowest BCUT2D eigenvalue weighted by atomic mass is 9.93. The Labute approximate surface area is 144 Å². The highest BCUT2D eigenvalue weighted by atomic mass is 35.5. The number of amides is 1. The number of aromatic nitrogens is 1. The second-order valence-corrected chi connectivity index (χ2v) is 7.79. The van der Waals surface area contributed by atoms with Gasteiger partial charge in [0.1, 0.15) is 0 Å². The Morgan fingerprint density at radius 2 is 2.05 bits per heavy atom. The van der Waals surface area contributed by atoms with E-state index in [2.05, 4.69) is 36.5 Å². The first kappa shape index (κ1) is 17.3. The summed E-state index contributed by atoms with van der Waals surface area (Å²) in [5.41, 5.74) is 1.56. The summed E-state index contributed by atoms with van der Waals surface area (Å²) >= 11 is 13.5. The Bertz CT molecular complexity index is 677. The number of benzene rings is 1. The summed E-state index contributed by atoms with van der Waals surface area (Å²) in [6.45, 7) is 6.93. The maximum atomic E-state index is 12.1. The van der Waals surface area contributed by atoms with Crippen LogP contribution in [0.5, 0.6) is 0 Å². The zero-order valence-electron chi connectivity index (χ0n) is 12.7. The lowest BCUT2D eigenvalue weighted by Crippen LogP contribution is -2.26. The van der Waals surface area contributed by atoms with Crippen molar-refractivity contribution in [2.75, 3.05) is 6.54 Å². The average Bonchev–Trinajstić information content (AvgIpc) is 2.87. The molecule has 0 fully saturated rings. The monoisotopic (exact) mass is 356 g/mol. The molecule has 0 saturated heterocycles. The van der Waals surface area contributed by atoms with Crippen molar-refractivity contribution < 1.29 is 4.79 Å². The minimum absolute atomic E-state index is 0.0504. The van der Waals surface area contributed by atoms with Gasteiger partial charge in [-0.1, -0.05) is 44.0 Å². The molecule has 0 saturated carbocycles. The van der Waals surface area contributed by atoms with E-state index in [1.165, 1.54) is 0 Å². The molecule has 6 heteroatoms. The van der Waals surface area contributed by atoms with Crippen LogP contribution in [0.25, 0.3) is 0 Å². The van der Waals surface area contributed by atoms with Crippen LogP contribution in [0, 0.1) is 0 Å². The molecule has 118 valence electrons. The number of nitrogens with one attached hydrogen (secondary N) is 1. The quantitative estimate of drug-likeness (QED) is 0.860. The molecule has 3 nitrogen and oxygen atoms in total. The standard InChI is InChI=1S/C16H18Cl2N2OS/c1-16(2,3)13-9-22-14(20-13)6-7-19-15(21)11-5-4-10(17)8-12(11)18/h4-5,8-9H,6-7H2,1-3H3,(H,19,21). The van der Waals surface area contributed by atoms with Crippen LogP contribution in [0.2, 0.25) is 10.0 Å². The van der Waals surface area contributed by atoms with E-state index in [-0.39, 0.29) is 11.3 Å². The largest absolute Gasteiger partial charge is 0.352 e. The molecular formula is C16H18Cl2N2OS. The van der Waals surface area contributed by atoms with E-state index >= 15 is 0 Å². The van der Waals surface area contributed by atoms with E-state index in [9.17, 15) is 4.79 Å². The Morgan fingerprint density at radius 3 is 2.64 bits per heavy atom. The second kappa shape index (κ2) is 6.99. The summed E-state index contributed by atoms with van der Waals surface area (Å²) in [6.07, 6.45) is 0.706. The molecule has 0 unspecified atom stereocenters. The lowest BCUT2D eigenvalue weighted by Gasteiger charge is -2.14. The number of rotatable bonds is 4. The summed E-state index contributed by atoms with van der Waals surface area (Å²) in [4.78, 5) is 16.7. The number of carbonyl (C=O) groups excluding carboxylic acids is 1. The van der Waals surface area contributed by atoms with Gasteiger partial charge >= 0.3 is 0 Å². The summed E-state index contributed by atoms with van der Waals surface area (Å²) in [5.74, 6) is -0.200. The van der Waals surface area contributed by atoms with Crippen LogP contribution < -0.4 is 5.32 Å². The molecule has 2 rings (SSSR count). The normalized spacial score (nSPS) is 11.5. The molecule has 0 atom stereocenters. The van der Waals surface area contributed by atoms with Crippen molar-refractivity contribution in [2.45, 2.75) is 32.6 Å². The highest BCUT2D eigenvalue weighted by molar-refractivity contribution is 7.09. The van der Waals surface area contributed by atoms with Gasteiger partial charge in [-0.3, -0.25) is 4.79 Å². The van der Waals surface area contributed by atoms with Gasteiger partial charge in [-0.15, -0.1) is 11.3 Å². The first-order chi connectivity index (χ1) is 10.3. The van der Waals surface area contributed by atoms with E-state index in [0.29, 0.717) is 28.6 Å². The predicted molar refractivity (Wildman–Crippen MR) is 93.3 cm³/mol. The van der Waals surface area contributed by atoms with Gasteiger partial charge in [-0.05, 0) is 18.2 Å².